The van der Waals surface area contributed by atoms with Crippen LogP contribution in [0.25, 0.3) is 11.1 Å². The van der Waals surface area contributed by atoms with Gasteiger partial charge in [-0.15, -0.1) is 0 Å². The van der Waals surface area contributed by atoms with Crippen molar-refractivity contribution < 1.29 is 9.90 Å². The van der Waals surface area contributed by atoms with Gasteiger partial charge in [-0.2, -0.15) is 0 Å². The maximum atomic E-state index is 11.5. The number of pyridine rings is 1. The molecule has 29 heavy (non-hydrogen) atoms. The third kappa shape index (κ3) is 4.54. The van der Waals surface area contributed by atoms with Gasteiger partial charge in [0.25, 0.3) is 0 Å². The van der Waals surface area contributed by atoms with Gasteiger partial charge in [0, 0.05) is 30.4 Å². The molecule has 1 N–H and O–H groups in total. The second-order valence-electron chi connectivity index (χ2n) is 7.83. The van der Waals surface area contributed by atoms with Crippen LogP contribution in [0.3, 0.4) is 0 Å². The van der Waals surface area contributed by atoms with Crippen LogP contribution in [0.2, 0.25) is 0 Å². The number of carboxylic acid groups (broad SMARTS) is 1. The van der Waals surface area contributed by atoms with Crippen LogP contribution in [-0.4, -0.2) is 34.0 Å². The normalized spacial score (nSPS) is 17.2. The number of rotatable bonds is 5. The number of aromatic nitrogens is 1. The Morgan fingerprint density at radius 3 is 2.62 bits per heavy atom. The maximum absolute atomic E-state index is 11.5. The van der Waals surface area contributed by atoms with Gasteiger partial charge in [0.05, 0.1) is 5.56 Å². The summed E-state index contributed by atoms with van der Waals surface area (Å²) in [5, 5.41) is 9.42. The number of likely N-dealkylation sites (tertiary alicyclic amines) is 1. The van der Waals surface area contributed by atoms with Crippen LogP contribution in [-0.2, 0) is 6.54 Å². The Labute approximate surface area is 171 Å². The number of carboxylic acids is 1. The van der Waals surface area contributed by atoms with E-state index in [0.717, 1.165) is 36.5 Å². The molecule has 1 saturated heterocycles. The zero-order valence-corrected chi connectivity index (χ0v) is 16.7. The van der Waals surface area contributed by atoms with Gasteiger partial charge >= 0.3 is 5.97 Å². The quantitative estimate of drug-likeness (QED) is 0.660. The number of piperidine rings is 1. The molecule has 148 valence electrons. The molecular formula is C25H26N2O2. The van der Waals surface area contributed by atoms with Crippen LogP contribution in [0, 0.1) is 6.92 Å². The van der Waals surface area contributed by atoms with Crippen molar-refractivity contribution in [1.82, 2.24) is 9.88 Å². The van der Waals surface area contributed by atoms with E-state index in [0.29, 0.717) is 11.5 Å². The molecule has 4 rings (SSSR count). The molecular weight excluding hydrogens is 360 g/mol. The molecule has 1 atom stereocenters. The first-order chi connectivity index (χ1) is 14.1. The zero-order chi connectivity index (χ0) is 20.2. The molecule has 2 aromatic carbocycles. The zero-order valence-electron chi connectivity index (χ0n) is 16.7. The Bertz CT molecular complexity index is 998. The number of aromatic carboxylic acids is 1. The summed E-state index contributed by atoms with van der Waals surface area (Å²) in [6.07, 6.45) is 2.38. The molecule has 2 heterocycles. The monoisotopic (exact) mass is 386 g/mol. The third-order valence-corrected chi connectivity index (χ3v) is 5.66. The van der Waals surface area contributed by atoms with Gasteiger partial charge in [-0.1, -0.05) is 48.5 Å². The Hall–Kier alpha value is -2.98. The van der Waals surface area contributed by atoms with E-state index >= 15 is 0 Å². The van der Waals surface area contributed by atoms with Gasteiger partial charge in [0.2, 0.25) is 0 Å². The van der Waals surface area contributed by atoms with E-state index < -0.39 is 5.97 Å². The molecule has 0 bridgehead atoms. The average molecular weight is 386 g/mol. The number of hydrogen-bond donors (Lipinski definition) is 1. The fourth-order valence-electron chi connectivity index (χ4n) is 4.20. The second kappa shape index (κ2) is 8.58. The molecule has 1 aromatic heterocycles. The first-order valence-corrected chi connectivity index (χ1v) is 10.2. The fraction of sp³-hybridized carbons (Fsp3) is 0.280. The molecule has 0 saturated carbocycles. The van der Waals surface area contributed by atoms with Crippen molar-refractivity contribution in [3.8, 4) is 11.1 Å². The summed E-state index contributed by atoms with van der Waals surface area (Å²) in [7, 11) is 0. The SMILES string of the molecule is Cc1cccc([C@H]2CCCN(Cc3ccc(-c4ccccc4C(=O)O)cc3)C2)n1. The summed E-state index contributed by atoms with van der Waals surface area (Å²) >= 11 is 0. The van der Waals surface area contributed by atoms with Crippen molar-refractivity contribution in [2.45, 2.75) is 32.2 Å². The largest absolute Gasteiger partial charge is 0.478 e. The first kappa shape index (κ1) is 19.3. The fourth-order valence-corrected chi connectivity index (χ4v) is 4.20. The van der Waals surface area contributed by atoms with E-state index in [-0.39, 0.29) is 0 Å². The van der Waals surface area contributed by atoms with Crippen molar-refractivity contribution in [1.29, 1.82) is 0 Å². The lowest BCUT2D eigenvalue weighted by atomic mass is 9.93. The minimum Gasteiger partial charge on any atom is -0.478 e. The molecule has 0 amide bonds. The highest BCUT2D eigenvalue weighted by atomic mass is 16.4. The predicted octanol–water partition coefficient (Wildman–Crippen LogP) is 5.13. The first-order valence-electron chi connectivity index (χ1n) is 10.2. The smallest absolute Gasteiger partial charge is 0.336 e. The summed E-state index contributed by atoms with van der Waals surface area (Å²) in [6.45, 7) is 5.09. The van der Waals surface area contributed by atoms with E-state index in [4.69, 9.17) is 4.98 Å². The average Bonchev–Trinajstić information content (AvgIpc) is 2.74. The highest BCUT2D eigenvalue weighted by Gasteiger charge is 2.22. The highest BCUT2D eigenvalue weighted by Crippen LogP contribution is 2.28. The molecule has 0 spiro atoms. The Morgan fingerprint density at radius 2 is 1.86 bits per heavy atom. The van der Waals surface area contributed by atoms with Gasteiger partial charge < -0.3 is 5.11 Å². The van der Waals surface area contributed by atoms with Gasteiger partial charge in [0.1, 0.15) is 0 Å². The number of hydrogen-bond acceptors (Lipinski definition) is 3. The van der Waals surface area contributed by atoms with E-state index in [1.807, 2.05) is 37.3 Å². The Kier molecular flexibility index (Phi) is 5.72. The summed E-state index contributed by atoms with van der Waals surface area (Å²) in [6, 6.07) is 21.7. The maximum Gasteiger partial charge on any atom is 0.336 e. The number of carbonyl (C=O) groups is 1. The van der Waals surface area contributed by atoms with E-state index in [2.05, 4.69) is 29.2 Å². The molecule has 4 heteroatoms. The van der Waals surface area contributed by atoms with Gasteiger partial charge in [-0.05, 0) is 61.2 Å². The van der Waals surface area contributed by atoms with E-state index in [1.54, 1.807) is 12.1 Å². The lowest BCUT2D eigenvalue weighted by Gasteiger charge is -2.32. The van der Waals surface area contributed by atoms with Crippen LogP contribution in [0.5, 0.6) is 0 Å². The minimum atomic E-state index is -0.895. The summed E-state index contributed by atoms with van der Waals surface area (Å²) in [5.74, 6) is -0.404. The lowest BCUT2D eigenvalue weighted by molar-refractivity contribution is 0.0697. The molecule has 1 aliphatic heterocycles. The standard InChI is InChI=1S/C25H26N2O2/c1-18-6-4-10-24(26-18)21-7-5-15-27(17-21)16-19-11-13-20(14-12-19)22-8-2-3-9-23(22)25(28)29/h2-4,6,8-14,21H,5,7,15-17H2,1H3,(H,28,29)/t21-/m0/s1. The molecule has 1 fully saturated rings. The van der Waals surface area contributed by atoms with E-state index in [9.17, 15) is 9.90 Å². The van der Waals surface area contributed by atoms with Crippen LogP contribution < -0.4 is 0 Å². The Balaban J connectivity index is 1.46. The molecule has 3 aromatic rings. The molecule has 0 aliphatic carbocycles. The number of benzene rings is 2. The minimum absolute atomic E-state index is 0.338. The van der Waals surface area contributed by atoms with Gasteiger partial charge in [0.15, 0.2) is 0 Å². The highest BCUT2D eigenvalue weighted by molar-refractivity contribution is 5.95. The van der Waals surface area contributed by atoms with Gasteiger partial charge in [-0.25, -0.2) is 4.79 Å². The second-order valence-corrected chi connectivity index (χ2v) is 7.83. The third-order valence-electron chi connectivity index (χ3n) is 5.66. The van der Waals surface area contributed by atoms with Crippen molar-refractivity contribution in [2.24, 2.45) is 0 Å². The summed E-state index contributed by atoms with van der Waals surface area (Å²) < 4.78 is 0. The predicted molar refractivity (Wildman–Crippen MR) is 115 cm³/mol. The Morgan fingerprint density at radius 1 is 1.07 bits per heavy atom. The number of nitrogens with zero attached hydrogens (tertiary/aromatic N) is 2. The van der Waals surface area contributed by atoms with E-state index in [1.165, 1.54) is 24.1 Å². The molecule has 0 unspecified atom stereocenters. The van der Waals surface area contributed by atoms with Crippen LogP contribution in [0.4, 0.5) is 0 Å². The molecule has 4 nitrogen and oxygen atoms in total. The summed E-state index contributed by atoms with van der Waals surface area (Å²) in [5.41, 5.74) is 5.57. The topological polar surface area (TPSA) is 53.4 Å². The van der Waals surface area contributed by atoms with Crippen LogP contribution in [0.15, 0.2) is 66.7 Å². The summed E-state index contributed by atoms with van der Waals surface area (Å²) in [4.78, 5) is 18.7. The van der Waals surface area contributed by atoms with Crippen LogP contribution in [0.1, 0.15) is 46.1 Å². The van der Waals surface area contributed by atoms with Crippen LogP contribution >= 0.6 is 0 Å². The van der Waals surface area contributed by atoms with Crippen molar-refractivity contribution >= 4 is 5.97 Å². The van der Waals surface area contributed by atoms with Crippen molar-refractivity contribution in [2.75, 3.05) is 13.1 Å². The molecule has 1 aliphatic rings. The van der Waals surface area contributed by atoms with Crippen molar-refractivity contribution in [3.05, 3.63) is 89.2 Å². The lowest BCUT2D eigenvalue weighted by Crippen LogP contribution is -2.34. The number of aryl methyl sites for hydroxylation is 1. The van der Waals surface area contributed by atoms with Crippen molar-refractivity contribution in [3.63, 3.8) is 0 Å². The van der Waals surface area contributed by atoms with Gasteiger partial charge in [-0.3, -0.25) is 9.88 Å². The molecule has 0 radical (unpaired) electrons.